The van der Waals surface area contributed by atoms with Crippen LogP contribution in [0.15, 0.2) is 215 Å². The molecule has 3 aromatic heterocycles. The number of fused-ring (bicyclic) bond motifs is 12. The first-order valence-electron chi connectivity index (χ1n) is 41.0. The molecule has 3 aliphatic heterocycles. The summed E-state index contributed by atoms with van der Waals surface area (Å²) in [6.45, 7) is 0. The summed E-state index contributed by atoms with van der Waals surface area (Å²) < 4.78 is 278. The third kappa shape index (κ3) is 24.7. The molecule has 51 heteroatoms. The van der Waals surface area contributed by atoms with E-state index in [9.17, 15) is 150 Å². The zero-order valence-electron chi connectivity index (χ0n) is 73.3. The number of alkyl halides is 12. The number of rotatable bonds is 12. The highest BCUT2D eigenvalue weighted by atomic mass is 32.3. The zero-order chi connectivity index (χ0) is 105. The highest BCUT2D eigenvalue weighted by Crippen LogP contribution is 2.50. The third-order valence-electron chi connectivity index (χ3n) is 21.9. The van der Waals surface area contributed by atoms with Crippen molar-refractivity contribution in [2.75, 3.05) is 28.4 Å². The number of esters is 4. The number of carbonyl (C=O) groups is 6. The SMILES string of the molecule is C.COC(=O)c1ccc2c(=O)c3ccc(C(=O)OC)cc3oc2c1.COC(=O)c1ccc2c(c1)Oc1cc(C(=O)OC)ccc1C2=C1CC2CCC(C1)N2.O=C(c1ccc(O)cc1O)c1ccc(O)cc1O.O=C1CC2CCC(C1)C2.O=S(=O)(OS(=O)(=O)C(F)(F)F)C(F)(F)F.O=c1c2ccc(O)cc2oc2cc(O)ccc12.O=c1c2ccc(OS(=O)(=O)C(F)(F)F)cc2oc2cc(OS(=O)(=O)C(F)(F)F)ccc12. The van der Waals surface area contributed by atoms with Crippen molar-refractivity contribution in [1.82, 2.24) is 5.32 Å². The van der Waals surface area contributed by atoms with Crippen molar-refractivity contribution >= 4 is 147 Å². The Hall–Kier alpha value is -15.4. The van der Waals surface area contributed by atoms with Gasteiger partial charge < -0.3 is 81.3 Å². The highest BCUT2D eigenvalue weighted by molar-refractivity contribution is 8.00. The second-order valence-corrected chi connectivity index (χ2v) is 37.8. The molecule has 4 fully saturated rings. The summed E-state index contributed by atoms with van der Waals surface area (Å²) >= 11 is 0. The first kappa shape index (κ1) is 109. The molecule has 0 spiro atoms. The number of methoxy groups -OCH3 is 4. The Kier molecular flexibility index (Phi) is 32.4. The van der Waals surface area contributed by atoms with Gasteiger partial charge in [-0.3, -0.25) is 24.0 Å². The maximum absolute atomic E-state index is 12.5. The number of benzene rings is 10. The molecular formula is C93H75F12NO34S4. The summed E-state index contributed by atoms with van der Waals surface area (Å²) in [5, 5.41) is 60.7. The third-order valence-corrected chi connectivity index (χ3v) is 26.4. The van der Waals surface area contributed by atoms with Gasteiger partial charge in [-0.15, -0.1) is 3.63 Å². The van der Waals surface area contributed by atoms with Gasteiger partial charge in [0, 0.05) is 72.5 Å². The Balaban J connectivity index is 0.000000164. The van der Waals surface area contributed by atoms with Crippen LogP contribution in [0, 0.1) is 11.8 Å². The van der Waals surface area contributed by atoms with Crippen molar-refractivity contribution in [2.45, 2.75) is 99.3 Å². The molecule has 0 amide bonds. The molecule has 7 N–H and O–H groups in total. The van der Waals surface area contributed by atoms with Crippen molar-refractivity contribution in [2.24, 2.45) is 11.8 Å². The monoisotopic (exact) mass is 2110 g/mol. The van der Waals surface area contributed by atoms with E-state index in [1.807, 2.05) is 15.8 Å². The maximum atomic E-state index is 12.5. The standard InChI is InChI=1S/C24H23NO5.C17H12O6.C15H6F6O8S2.C13H10O5.C13H8O4.C8H12O.C2F6O5S2.CH4/c1-28-23(26)13-3-7-18-20(11-13)30-21-12-14(24(27)29-2)4-8-19(21)22(18)15-9-16-5-6-17(10-15)25-16;1-21-16(19)9-3-5-11-13(7-9)23-14-8-10(17(20)22-2)4-6-12(14)15(11)18;16-14(17,18)30(23,24)28-7-1-3-9-11(5-7)27-12-6-8(2-4-10(12)13(9)22)29-31(25,26)15(19,20)21;14-7-1-3-9(11(16)5-7)13(18)10-4-2-8(15)6-12(10)17;14-7-1-3-9-11(5-7)17-12-6-8(15)2-4-10(12)13(9)16;9-8-4-6-1-2-7(3-6)5-8;3-1(4,5)14(9,10)13-15(11,12)2(6,7)8;/h3-4,7-8,11-12,16-17,25H,5-6,9-10H2,1-2H3;3-8H,1-2H3;1-6H;1-6,14-17H;1-6,14-15H;6-7H,1-5H2;;1H4. The molecule has 6 heterocycles. The molecule has 4 atom stereocenters. The highest BCUT2D eigenvalue weighted by Gasteiger charge is 2.58. The Morgan fingerprint density at radius 1 is 0.354 bits per heavy atom. The molecule has 0 radical (unpaired) electrons. The van der Waals surface area contributed by atoms with Crippen molar-refractivity contribution in [3.8, 4) is 57.5 Å². The minimum Gasteiger partial charge on any atom is -0.508 e. The predicted molar refractivity (Wildman–Crippen MR) is 484 cm³/mol. The van der Waals surface area contributed by atoms with Crippen molar-refractivity contribution in [3.63, 3.8) is 0 Å². The number of phenols is 6. The Morgan fingerprint density at radius 3 is 0.972 bits per heavy atom. The van der Waals surface area contributed by atoms with Crippen LogP contribution in [0.2, 0.25) is 0 Å². The molecule has 144 heavy (non-hydrogen) atoms. The number of hydrogen-bond acceptors (Lipinski definition) is 35. The number of ketones is 2. The first-order chi connectivity index (χ1) is 66.8. The molecule has 18 rings (SSSR count). The van der Waals surface area contributed by atoms with Crippen LogP contribution < -0.4 is 34.7 Å². The summed E-state index contributed by atoms with van der Waals surface area (Å²) in [7, 11) is -20.5. The normalized spacial score (nSPS) is 15.8. The number of ether oxygens (including phenoxy) is 5. The fourth-order valence-electron chi connectivity index (χ4n) is 15.3. The number of piperidine rings is 1. The predicted octanol–water partition coefficient (Wildman–Crippen LogP) is 17.2. The summed E-state index contributed by atoms with van der Waals surface area (Å²) in [5.74, 6) is -1.99. The van der Waals surface area contributed by atoms with E-state index in [-0.39, 0.29) is 97.0 Å². The molecule has 2 saturated carbocycles. The summed E-state index contributed by atoms with van der Waals surface area (Å²) in [6.07, 6.45) is 10.2. The van der Waals surface area contributed by atoms with Crippen LogP contribution in [-0.2, 0) is 67.8 Å². The first-order valence-corrected chi connectivity index (χ1v) is 46.6. The topological polar surface area (TPSA) is 537 Å². The molecule has 2 saturated heterocycles. The smallest absolute Gasteiger partial charge is 0.508 e. The van der Waals surface area contributed by atoms with Crippen LogP contribution in [0.1, 0.15) is 134 Å². The van der Waals surface area contributed by atoms with E-state index in [0.717, 1.165) is 90.6 Å². The summed E-state index contributed by atoms with van der Waals surface area (Å²) in [5.41, 5.74) is -19.3. The molecule has 5 aliphatic rings. The van der Waals surface area contributed by atoms with Crippen molar-refractivity contribution in [1.29, 1.82) is 0 Å². The fraction of sp³-hybridized carbons (Fsp3) is 0.237. The van der Waals surface area contributed by atoms with Crippen LogP contribution in [0.25, 0.3) is 71.4 Å². The van der Waals surface area contributed by atoms with E-state index < -0.39 is 120 Å². The Morgan fingerprint density at radius 2 is 0.646 bits per heavy atom. The van der Waals surface area contributed by atoms with E-state index in [4.69, 9.17) is 37.7 Å². The number of carbonyl (C=O) groups excluding carboxylic acids is 6. The second kappa shape index (κ2) is 42.8. The van der Waals surface area contributed by atoms with Crippen LogP contribution >= 0.6 is 0 Å². The van der Waals surface area contributed by atoms with Gasteiger partial charge in [-0.2, -0.15) is 86.4 Å². The molecular weight excluding hydrogens is 2030 g/mol. The molecule has 13 aromatic rings. The Bertz CT molecular complexity index is 7580. The summed E-state index contributed by atoms with van der Waals surface area (Å²) in [4.78, 5) is 107. The van der Waals surface area contributed by atoms with Crippen LogP contribution in [0.4, 0.5) is 52.7 Å². The van der Waals surface area contributed by atoms with Gasteiger partial charge in [-0.25, -0.2) is 19.2 Å². The van der Waals surface area contributed by atoms with Crippen LogP contribution in [-0.4, -0.2) is 162 Å². The van der Waals surface area contributed by atoms with Crippen LogP contribution in [0.5, 0.6) is 57.5 Å². The van der Waals surface area contributed by atoms with E-state index in [2.05, 4.69) is 23.2 Å². The van der Waals surface area contributed by atoms with Gasteiger partial charge in [0.05, 0.1) is 94.1 Å². The van der Waals surface area contributed by atoms with Gasteiger partial charge in [0.25, 0.3) is 0 Å². The lowest BCUT2D eigenvalue weighted by molar-refractivity contribution is -0.121. The molecule has 35 nitrogen and oxygen atoms in total. The van der Waals surface area contributed by atoms with E-state index >= 15 is 0 Å². The number of phenolic OH excluding ortho intramolecular Hbond substituents is 6. The van der Waals surface area contributed by atoms with Crippen molar-refractivity contribution in [3.05, 3.63) is 263 Å². The van der Waals surface area contributed by atoms with Gasteiger partial charge in [0.15, 0.2) is 5.78 Å². The maximum Gasteiger partial charge on any atom is 0.534 e. The lowest BCUT2D eigenvalue weighted by Crippen LogP contribution is -2.35. The minimum absolute atomic E-state index is 0. The van der Waals surface area contributed by atoms with Gasteiger partial charge in [0.1, 0.15) is 96.8 Å². The van der Waals surface area contributed by atoms with Gasteiger partial charge >= 0.3 is 86.4 Å². The van der Waals surface area contributed by atoms with Gasteiger partial charge in [-0.1, -0.05) is 13.0 Å². The fourth-order valence-corrected chi connectivity index (χ4v) is 17.8. The van der Waals surface area contributed by atoms with Crippen LogP contribution in [0.3, 0.4) is 0 Å². The average molecular weight is 2110 g/mol. The molecule has 764 valence electrons. The largest absolute Gasteiger partial charge is 0.534 e. The number of nitrogens with one attached hydrogen (secondary N) is 1. The van der Waals surface area contributed by atoms with E-state index in [1.54, 1.807) is 24.3 Å². The zero-order valence-corrected chi connectivity index (χ0v) is 76.5. The van der Waals surface area contributed by atoms with Crippen molar-refractivity contribution < 1.29 is 195 Å². The van der Waals surface area contributed by atoms with E-state index in [1.165, 1.54) is 163 Å². The lowest BCUT2D eigenvalue weighted by Gasteiger charge is -2.30. The summed E-state index contributed by atoms with van der Waals surface area (Å²) in [6, 6.07) is 41.0. The van der Waals surface area contributed by atoms with Gasteiger partial charge in [0.2, 0.25) is 16.3 Å². The number of halogens is 12. The second-order valence-electron chi connectivity index (χ2n) is 31.5. The average Bonchev–Trinajstić information content (AvgIpc) is 0.977. The number of hydrogen-bond donors (Lipinski definition) is 7. The molecule has 4 unspecified atom stereocenters. The number of Topliss-reactive ketones (excluding diaryl/α,β-unsaturated/α-hetero) is 1. The van der Waals surface area contributed by atoms with Gasteiger partial charge in [-0.05, 0) is 208 Å². The molecule has 10 aromatic carbocycles. The molecule has 2 aliphatic carbocycles. The number of aromatic hydroxyl groups is 6. The molecule has 4 bridgehead atoms. The lowest BCUT2D eigenvalue weighted by atomic mass is 9.84. The Labute approximate surface area is 803 Å². The van der Waals surface area contributed by atoms with E-state index in [0.29, 0.717) is 85.3 Å². The minimum atomic E-state index is -6.85. The quantitative estimate of drug-likeness (QED) is 0.0114.